The molecule has 1 fully saturated rings. The third-order valence-corrected chi connectivity index (χ3v) is 6.54. The van der Waals surface area contributed by atoms with E-state index in [1.54, 1.807) is 0 Å². The Labute approximate surface area is 167 Å². The van der Waals surface area contributed by atoms with Crippen LogP contribution in [0.3, 0.4) is 0 Å². The van der Waals surface area contributed by atoms with Gasteiger partial charge in [-0.05, 0) is 58.0 Å². The van der Waals surface area contributed by atoms with Gasteiger partial charge in [0.1, 0.15) is 11.5 Å². The lowest BCUT2D eigenvalue weighted by Gasteiger charge is -2.29. The SMILES string of the molecule is Cc1cc(-c2nnc(CN3CCC(c4nc5ccccc5s4)CC3)o2)c(C)o1. The van der Waals surface area contributed by atoms with Crippen LogP contribution in [-0.4, -0.2) is 33.2 Å². The highest BCUT2D eigenvalue weighted by molar-refractivity contribution is 7.18. The van der Waals surface area contributed by atoms with E-state index in [1.807, 2.05) is 31.3 Å². The van der Waals surface area contributed by atoms with Gasteiger partial charge in [-0.1, -0.05) is 12.1 Å². The standard InChI is InChI=1S/C21H22N4O2S/c1-13-11-16(14(2)26-13)20-24-23-19(27-20)12-25-9-7-15(8-10-25)21-22-17-5-3-4-6-18(17)28-21/h3-6,11,15H,7-10,12H2,1-2H3. The fraction of sp³-hybridized carbons (Fsp3) is 0.381. The highest BCUT2D eigenvalue weighted by atomic mass is 32.1. The lowest BCUT2D eigenvalue weighted by atomic mass is 9.97. The minimum absolute atomic E-state index is 0.536. The van der Waals surface area contributed by atoms with Crippen molar-refractivity contribution in [2.75, 3.05) is 13.1 Å². The van der Waals surface area contributed by atoms with Crippen molar-refractivity contribution in [2.45, 2.75) is 39.2 Å². The van der Waals surface area contributed by atoms with Crippen LogP contribution < -0.4 is 0 Å². The average molecular weight is 395 g/mol. The molecule has 28 heavy (non-hydrogen) atoms. The van der Waals surface area contributed by atoms with Crippen molar-refractivity contribution in [3.05, 3.63) is 52.8 Å². The van der Waals surface area contributed by atoms with Gasteiger partial charge in [-0.2, -0.15) is 0 Å². The van der Waals surface area contributed by atoms with E-state index < -0.39 is 0 Å². The summed E-state index contributed by atoms with van der Waals surface area (Å²) in [5, 5.41) is 9.70. The van der Waals surface area contributed by atoms with Crippen LogP contribution in [-0.2, 0) is 6.54 Å². The van der Waals surface area contributed by atoms with E-state index in [4.69, 9.17) is 13.8 Å². The summed E-state index contributed by atoms with van der Waals surface area (Å²) >= 11 is 1.83. The molecule has 0 N–H and O–H groups in total. The predicted molar refractivity (Wildman–Crippen MR) is 108 cm³/mol. The molecule has 6 nitrogen and oxygen atoms in total. The first-order valence-electron chi connectivity index (χ1n) is 9.63. The number of para-hydroxylation sites is 1. The summed E-state index contributed by atoms with van der Waals surface area (Å²) in [6, 6.07) is 10.3. The van der Waals surface area contributed by atoms with Gasteiger partial charge in [0.15, 0.2) is 0 Å². The van der Waals surface area contributed by atoms with E-state index >= 15 is 0 Å². The summed E-state index contributed by atoms with van der Waals surface area (Å²) in [4.78, 5) is 7.23. The van der Waals surface area contributed by atoms with Crippen LogP contribution in [0.25, 0.3) is 21.7 Å². The van der Waals surface area contributed by atoms with Gasteiger partial charge in [-0.25, -0.2) is 4.98 Å². The fourth-order valence-electron chi connectivity index (χ4n) is 3.86. The molecule has 0 unspecified atom stereocenters. The Morgan fingerprint density at radius 3 is 2.68 bits per heavy atom. The Bertz CT molecular complexity index is 1070. The second-order valence-corrected chi connectivity index (χ2v) is 8.46. The number of nitrogens with zero attached hydrogens (tertiary/aromatic N) is 4. The molecular weight excluding hydrogens is 372 g/mol. The van der Waals surface area contributed by atoms with Gasteiger partial charge >= 0.3 is 0 Å². The fourth-order valence-corrected chi connectivity index (χ4v) is 5.00. The summed E-state index contributed by atoms with van der Waals surface area (Å²) in [5.41, 5.74) is 2.00. The molecule has 7 heteroatoms. The van der Waals surface area contributed by atoms with E-state index in [0.29, 0.717) is 24.2 Å². The molecule has 1 aliphatic heterocycles. The van der Waals surface area contributed by atoms with Crippen LogP contribution in [0.15, 0.2) is 39.2 Å². The Kier molecular flexibility index (Phi) is 4.49. The lowest BCUT2D eigenvalue weighted by Crippen LogP contribution is -2.32. The van der Waals surface area contributed by atoms with Crippen molar-refractivity contribution in [1.82, 2.24) is 20.1 Å². The summed E-state index contributed by atoms with van der Waals surface area (Å²) in [7, 11) is 0. The van der Waals surface area contributed by atoms with Crippen LogP contribution >= 0.6 is 11.3 Å². The molecule has 1 saturated heterocycles. The third-order valence-electron chi connectivity index (χ3n) is 5.34. The zero-order valence-corrected chi connectivity index (χ0v) is 16.8. The zero-order valence-electron chi connectivity index (χ0n) is 16.0. The number of rotatable bonds is 4. The van der Waals surface area contributed by atoms with Gasteiger partial charge in [-0.3, -0.25) is 4.90 Å². The number of hydrogen-bond acceptors (Lipinski definition) is 7. The predicted octanol–water partition coefficient (Wildman–Crippen LogP) is 4.94. The largest absolute Gasteiger partial charge is 0.466 e. The first-order chi connectivity index (χ1) is 13.7. The Balaban J connectivity index is 1.22. The molecule has 0 radical (unpaired) electrons. The van der Waals surface area contributed by atoms with Crippen LogP contribution in [0.1, 0.15) is 41.2 Å². The second-order valence-electron chi connectivity index (χ2n) is 7.40. The Morgan fingerprint density at radius 1 is 1.11 bits per heavy atom. The molecule has 1 aliphatic rings. The smallest absolute Gasteiger partial charge is 0.251 e. The molecule has 144 valence electrons. The van der Waals surface area contributed by atoms with Gasteiger partial charge in [0.2, 0.25) is 5.89 Å². The maximum atomic E-state index is 5.88. The number of aryl methyl sites for hydroxylation is 2. The van der Waals surface area contributed by atoms with Crippen LogP contribution in [0.4, 0.5) is 0 Å². The van der Waals surface area contributed by atoms with Crippen molar-refractivity contribution in [2.24, 2.45) is 0 Å². The van der Waals surface area contributed by atoms with Crippen molar-refractivity contribution in [3.8, 4) is 11.5 Å². The van der Waals surface area contributed by atoms with E-state index in [9.17, 15) is 0 Å². The Hall–Kier alpha value is -2.51. The molecular formula is C21H22N4O2S. The number of likely N-dealkylation sites (tertiary alicyclic amines) is 1. The van der Waals surface area contributed by atoms with Crippen LogP contribution in [0.5, 0.6) is 0 Å². The summed E-state index contributed by atoms with van der Waals surface area (Å²) < 4.78 is 12.7. The van der Waals surface area contributed by atoms with E-state index in [-0.39, 0.29) is 0 Å². The molecule has 1 aromatic carbocycles. The molecule has 0 amide bonds. The number of benzene rings is 1. The molecule has 4 heterocycles. The maximum absolute atomic E-state index is 5.88. The number of piperidine rings is 1. The van der Waals surface area contributed by atoms with Gasteiger partial charge in [0.25, 0.3) is 5.89 Å². The summed E-state index contributed by atoms with van der Waals surface area (Å²) in [6.07, 6.45) is 2.22. The number of thiazole rings is 1. The minimum Gasteiger partial charge on any atom is -0.466 e. The highest BCUT2D eigenvalue weighted by Crippen LogP contribution is 2.34. The molecule has 0 spiro atoms. The van der Waals surface area contributed by atoms with Gasteiger partial charge < -0.3 is 8.83 Å². The first kappa shape index (κ1) is 17.6. The number of fused-ring (bicyclic) bond motifs is 1. The topological polar surface area (TPSA) is 68.2 Å². The molecule has 0 aliphatic carbocycles. The minimum atomic E-state index is 0.536. The second kappa shape index (κ2) is 7.14. The number of aromatic nitrogens is 3. The van der Waals surface area contributed by atoms with E-state index in [2.05, 4.69) is 39.4 Å². The summed E-state index contributed by atoms with van der Waals surface area (Å²) in [6.45, 7) is 6.56. The highest BCUT2D eigenvalue weighted by Gasteiger charge is 2.25. The first-order valence-corrected chi connectivity index (χ1v) is 10.4. The Morgan fingerprint density at radius 2 is 1.93 bits per heavy atom. The molecule has 0 atom stereocenters. The molecule has 0 bridgehead atoms. The molecule has 3 aromatic heterocycles. The van der Waals surface area contributed by atoms with E-state index in [0.717, 1.165) is 48.5 Å². The van der Waals surface area contributed by atoms with Crippen molar-refractivity contribution in [3.63, 3.8) is 0 Å². The zero-order chi connectivity index (χ0) is 19.1. The van der Waals surface area contributed by atoms with Gasteiger partial charge in [0.05, 0.1) is 27.3 Å². The molecule has 4 aromatic rings. The normalized spacial score (nSPS) is 16.2. The number of furan rings is 1. The number of hydrogen-bond donors (Lipinski definition) is 0. The van der Waals surface area contributed by atoms with Crippen molar-refractivity contribution < 1.29 is 8.83 Å². The monoisotopic (exact) mass is 394 g/mol. The van der Waals surface area contributed by atoms with Crippen molar-refractivity contribution in [1.29, 1.82) is 0 Å². The molecule has 5 rings (SSSR count). The van der Waals surface area contributed by atoms with Gasteiger partial charge in [0, 0.05) is 5.92 Å². The average Bonchev–Trinajstić information content (AvgIpc) is 3.40. The summed E-state index contributed by atoms with van der Waals surface area (Å²) in [5.74, 6) is 3.40. The van der Waals surface area contributed by atoms with Crippen molar-refractivity contribution >= 4 is 21.6 Å². The van der Waals surface area contributed by atoms with E-state index in [1.165, 1.54) is 9.71 Å². The third kappa shape index (κ3) is 3.36. The van der Waals surface area contributed by atoms with Crippen LogP contribution in [0.2, 0.25) is 0 Å². The lowest BCUT2D eigenvalue weighted by molar-refractivity contribution is 0.188. The molecule has 0 saturated carbocycles. The van der Waals surface area contributed by atoms with Crippen LogP contribution in [0, 0.1) is 13.8 Å². The van der Waals surface area contributed by atoms with Gasteiger partial charge in [-0.15, -0.1) is 21.5 Å². The maximum Gasteiger partial charge on any atom is 0.251 e. The quantitative estimate of drug-likeness (QED) is 0.489.